The zero-order valence-corrected chi connectivity index (χ0v) is 15.0. The maximum atomic E-state index is 12.7. The highest BCUT2D eigenvalue weighted by Gasteiger charge is 2.19. The first-order chi connectivity index (χ1) is 12.5. The predicted molar refractivity (Wildman–Crippen MR) is 101 cm³/mol. The van der Waals surface area contributed by atoms with Crippen molar-refractivity contribution < 1.29 is 18.3 Å². The van der Waals surface area contributed by atoms with Gasteiger partial charge in [-0.15, -0.1) is 0 Å². The minimum atomic E-state index is -3.86. The number of benzene rings is 3. The van der Waals surface area contributed by atoms with Crippen LogP contribution in [-0.4, -0.2) is 13.5 Å². The van der Waals surface area contributed by atoms with Gasteiger partial charge in [0.05, 0.1) is 10.6 Å². The first kappa shape index (κ1) is 17.8. The van der Waals surface area contributed by atoms with Crippen molar-refractivity contribution in [2.75, 3.05) is 4.72 Å². The summed E-state index contributed by atoms with van der Waals surface area (Å²) in [6, 6.07) is 20.7. The molecule has 0 heterocycles. The number of aromatic hydroxyl groups is 1. The first-order valence-corrected chi connectivity index (χ1v) is 9.52. The molecule has 0 aliphatic rings. The van der Waals surface area contributed by atoms with E-state index >= 15 is 0 Å². The molecule has 0 fully saturated rings. The van der Waals surface area contributed by atoms with E-state index in [-0.39, 0.29) is 10.6 Å². The SMILES string of the molecule is Cc1ccc(O)cc1S(=O)(=O)Nc1ccccc1OCc1ccccc1. The van der Waals surface area contributed by atoms with Gasteiger partial charge in [0, 0.05) is 6.07 Å². The zero-order chi connectivity index (χ0) is 18.6. The number of phenolic OH excluding ortho intramolecular Hbond substituents is 1. The lowest BCUT2D eigenvalue weighted by Gasteiger charge is -2.15. The number of nitrogens with one attached hydrogen (secondary N) is 1. The summed E-state index contributed by atoms with van der Waals surface area (Å²) in [6.07, 6.45) is 0. The van der Waals surface area contributed by atoms with Crippen molar-refractivity contribution >= 4 is 15.7 Å². The van der Waals surface area contributed by atoms with Gasteiger partial charge in [0.1, 0.15) is 18.1 Å². The van der Waals surface area contributed by atoms with E-state index in [1.54, 1.807) is 37.3 Å². The molecule has 0 aliphatic heterocycles. The van der Waals surface area contributed by atoms with Crippen molar-refractivity contribution in [3.63, 3.8) is 0 Å². The molecule has 3 aromatic rings. The highest BCUT2D eigenvalue weighted by atomic mass is 32.2. The molecule has 0 aromatic heterocycles. The van der Waals surface area contributed by atoms with Crippen molar-refractivity contribution in [2.45, 2.75) is 18.4 Å². The molecular formula is C20H19NO4S. The third kappa shape index (κ3) is 4.15. The molecule has 0 saturated carbocycles. The average molecular weight is 369 g/mol. The van der Waals surface area contributed by atoms with Crippen LogP contribution in [0, 0.1) is 6.92 Å². The molecule has 26 heavy (non-hydrogen) atoms. The summed E-state index contributed by atoms with van der Waals surface area (Å²) >= 11 is 0. The minimum absolute atomic E-state index is 0.0235. The van der Waals surface area contributed by atoms with Crippen LogP contribution in [0.4, 0.5) is 5.69 Å². The highest BCUT2D eigenvalue weighted by Crippen LogP contribution is 2.29. The van der Waals surface area contributed by atoms with Crippen molar-refractivity contribution in [2.24, 2.45) is 0 Å². The van der Waals surface area contributed by atoms with Crippen LogP contribution in [0.1, 0.15) is 11.1 Å². The number of sulfonamides is 1. The highest BCUT2D eigenvalue weighted by molar-refractivity contribution is 7.92. The molecule has 0 bridgehead atoms. The molecule has 0 amide bonds. The van der Waals surface area contributed by atoms with Crippen LogP contribution in [0.2, 0.25) is 0 Å². The van der Waals surface area contributed by atoms with Gasteiger partial charge in [0.2, 0.25) is 0 Å². The Morgan fingerprint density at radius 2 is 1.65 bits per heavy atom. The fraction of sp³-hybridized carbons (Fsp3) is 0.100. The number of aryl methyl sites for hydroxylation is 1. The molecule has 3 rings (SSSR count). The van der Waals surface area contributed by atoms with E-state index in [0.29, 0.717) is 23.6 Å². The summed E-state index contributed by atoms with van der Waals surface area (Å²) in [5.41, 5.74) is 1.86. The van der Waals surface area contributed by atoms with Crippen molar-refractivity contribution in [3.8, 4) is 11.5 Å². The van der Waals surface area contributed by atoms with Gasteiger partial charge in [-0.05, 0) is 36.2 Å². The molecule has 2 N–H and O–H groups in total. The Balaban J connectivity index is 1.84. The van der Waals surface area contributed by atoms with E-state index in [2.05, 4.69) is 4.72 Å². The number of phenols is 1. The summed E-state index contributed by atoms with van der Waals surface area (Å²) in [5.74, 6) is 0.322. The largest absolute Gasteiger partial charge is 0.508 e. The number of rotatable bonds is 6. The van der Waals surface area contributed by atoms with Gasteiger partial charge in [-0.1, -0.05) is 48.5 Å². The summed E-state index contributed by atoms with van der Waals surface area (Å²) in [7, 11) is -3.86. The third-order valence-electron chi connectivity index (χ3n) is 3.83. The topological polar surface area (TPSA) is 75.6 Å². The standard InChI is InChI=1S/C20H19NO4S/c1-15-11-12-17(22)13-20(15)26(23,24)21-18-9-5-6-10-19(18)25-14-16-7-3-2-4-8-16/h2-13,21-22H,14H2,1H3. The first-order valence-electron chi connectivity index (χ1n) is 8.04. The number of ether oxygens (including phenoxy) is 1. The maximum Gasteiger partial charge on any atom is 0.262 e. The molecule has 0 saturated heterocycles. The molecule has 6 heteroatoms. The van der Waals surface area contributed by atoms with Gasteiger partial charge >= 0.3 is 0 Å². The second-order valence-corrected chi connectivity index (χ2v) is 7.48. The van der Waals surface area contributed by atoms with Crippen LogP contribution in [0.25, 0.3) is 0 Å². The summed E-state index contributed by atoms with van der Waals surface area (Å²) in [5, 5.41) is 9.61. The fourth-order valence-electron chi connectivity index (χ4n) is 2.49. The Labute approximate surface area is 152 Å². The van der Waals surface area contributed by atoms with E-state index in [9.17, 15) is 13.5 Å². The molecule has 5 nitrogen and oxygen atoms in total. The molecule has 0 atom stereocenters. The molecule has 0 aliphatic carbocycles. The molecule has 0 spiro atoms. The maximum absolute atomic E-state index is 12.7. The van der Waals surface area contributed by atoms with Gasteiger partial charge in [-0.25, -0.2) is 8.42 Å². The molecule has 0 unspecified atom stereocenters. The fourth-order valence-corrected chi connectivity index (χ4v) is 3.83. The number of anilines is 1. The third-order valence-corrected chi connectivity index (χ3v) is 5.34. The van der Waals surface area contributed by atoms with Gasteiger partial charge < -0.3 is 9.84 Å². The Morgan fingerprint density at radius 1 is 0.962 bits per heavy atom. The van der Waals surface area contributed by atoms with E-state index in [4.69, 9.17) is 4.74 Å². The lowest BCUT2D eigenvalue weighted by molar-refractivity contribution is 0.308. The van der Waals surface area contributed by atoms with E-state index in [1.165, 1.54) is 12.1 Å². The van der Waals surface area contributed by atoms with Crippen LogP contribution >= 0.6 is 0 Å². The summed E-state index contributed by atoms with van der Waals surface area (Å²) < 4.78 is 33.8. The van der Waals surface area contributed by atoms with Crippen LogP contribution in [-0.2, 0) is 16.6 Å². The summed E-state index contributed by atoms with van der Waals surface area (Å²) in [4.78, 5) is 0.0235. The van der Waals surface area contributed by atoms with Gasteiger partial charge in [0.15, 0.2) is 0 Å². The Hall–Kier alpha value is -2.99. The van der Waals surface area contributed by atoms with E-state index in [1.807, 2.05) is 30.3 Å². The van der Waals surface area contributed by atoms with Crippen LogP contribution < -0.4 is 9.46 Å². The van der Waals surface area contributed by atoms with Crippen LogP contribution in [0.3, 0.4) is 0 Å². The minimum Gasteiger partial charge on any atom is -0.508 e. The Kier molecular flexibility index (Phi) is 5.14. The van der Waals surface area contributed by atoms with Crippen molar-refractivity contribution in [3.05, 3.63) is 83.9 Å². The zero-order valence-electron chi connectivity index (χ0n) is 14.2. The second-order valence-electron chi connectivity index (χ2n) is 5.83. The number of hydrogen-bond acceptors (Lipinski definition) is 4. The molecule has 0 radical (unpaired) electrons. The second kappa shape index (κ2) is 7.49. The van der Waals surface area contributed by atoms with E-state index in [0.717, 1.165) is 5.56 Å². The van der Waals surface area contributed by atoms with Crippen molar-refractivity contribution in [1.82, 2.24) is 0 Å². The molecule has 134 valence electrons. The van der Waals surface area contributed by atoms with E-state index < -0.39 is 10.0 Å². The van der Waals surface area contributed by atoms with Crippen molar-refractivity contribution in [1.29, 1.82) is 0 Å². The molecule has 3 aromatic carbocycles. The van der Waals surface area contributed by atoms with Gasteiger partial charge in [0.25, 0.3) is 10.0 Å². The van der Waals surface area contributed by atoms with Gasteiger partial charge in [-0.3, -0.25) is 4.72 Å². The smallest absolute Gasteiger partial charge is 0.262 e. The number of hydrogen-bond donors (Lipinski definition) is 2. The molecular weight excluding hydrogens is 350 g/mol. The van der Waals surface area contributed by atoms with Gasteiger partial charge in [-0.2, -0.15) is 0 Å². The number of para-hydroxylation sites is 2. The summed E-state index contributed by atoms with van der Waals surface area (Å²) in [6.45, 7) is 2.00. The Morgan fingerprint density at radius 3 is 2.42 bits per heavy atom. The van der Waals surface area contributed by atoms with Crippen LogP contribution in [0.5, 0.6) is 11.5 Å². The predicted octanol–water partition coefficient (Wildman–Crippen LogP) is 4.08. The van der Waals surface area contributed by atoms with Crippen LogP contribution in [0.15, 0.2) is 77.7 Å². The average Bonchev–Trinajstić information content (AvgIpc) is 2.63. The quantitative estimate of drug-likeness (QED) is 0.686. The Bertz CT molecular complexity index is 1000. The normalized spacial score (nSPS) is 11.1. The monoisotopic (exact) mass is 369 g/mol. The lowest BCUT2D eigenvalue weighted by Crippen LogP contribution is -2.15. The lowest BCUT2D eigenvalue weighted by atomic mass is 10.2.